The Hall–Kier alpha value is -3.64. The van der Waals surface area contributed by atoms with Crippen LogP contribution in [0.15, 0.2) is 36.4 Å². The minimum absolute atomic E-state index is 0.0456. The normalized spacial score (nSPS) is 24.3. The number of carbonyl (C=O) groups excluding carboxylic acids is 6. The summed E-state index contributed by atoms with van der Waals surface area (Å²) in [5.74, 6) is -4.49. The molecular weight excluding hydrogens is 647 g/mol. The van der Waals surface area contributed by atoms with Gasteiger partial charge >= 0.3 is 6.03 Å². The Labute approximate surface area is 284 Å². The Morgan fingerprint density at radius 1 is 1.00 bits per heavy atom. The molecule has 2 heterocycles. The van der Waals surface area contributed by atoms with Gasteiger partial charge in [-0.05, 0) is 41.4 Å². The van der Waals surface area contributed by atoms with Crippen LogP contribution in [0.3, 0.4) is 0 Å². The van der Waals surface area contributed by atoms with Crippen LogP contribution in [-0.2, 0) is 37.1 Å². The van der Waals surface area contributed by atoms with Crippen molar-refractivity contribution in [1.82, 2.24) is 25.8 Å². The molecule has 0 spiro atoms. The monoisotopic (exact) mass is 688 g/mol. The van der Waals surface area contributed by atoms with Crippen LogP contribution in [0.25, 0.3) is 0 Å². The van der Waals surface area contributed by atoms with E-state index >= 15 is 0 Å². The van der Waals surface area contributed by atoms with Crippen LogP contribution in [0.2, 0.25) is 0 Å². The van der Waals surface area contributed by atoms with Gasteiger partial charge in [0.25, 0.3) is 5.91 Å². The third-order valence-corrected chi connectivity index (χ3v) is 10.6. The highest BCUT2D eigenvalue weighted by Gasteiger charge is 2.74. The van der Waals surface area contributed by atoms with Crippen LogP contribution in [0.1, 0.15) is 58.1 Å². The number of Topliss-reactive ketones (excluding diaryl/α,β-unsaturated/α-hetero) is 1. The average molecular weight is 690 g/mol. The molecule has 1 aromatic rings. The first-order valence-corrected chi connectivity index (χ1v) is 16.6. The number of hydrogen-bond donors (Lipinski definition) is 4. The van der Waals surface area contributed by atoms with E-state index in [-0.39, 0.29) is 24.8 Å². The minimum atomic E-state index is -1.26. The lowest BCUT2D eigenvalue weighted by Gasteiger charge is -2.37. The zero-order valence-corrected chi connectivity index (χ0v) is 28.5. The molecule has 47 heavy (non-hydrogen) atoms. The summed E-state index contributed by atoms with van der Waals surface area (Å²) in [5, 5.41) is 8.07. The fourth-order valence-electron chi connectivity index (χ4n) is 6.67. The number of likely N-dealkylation sites (tertiary alicyclic amines) is 1. The molecule has 2 aliphatic carbocycles. The molecule has 5 rings (SSSR count). The van der Waals surface area contributed by atoms with Crippen molar-refractivity contribution in [3.63, 3.8) is 0 Å². The number of ketones is 1. The molecule has 1 unspecified atom stereocenters. The number of nitrogens with two attached hydrogens (primary N) is 1. The number of alkyl halides is 2. The highest BCUT2D eigenvalue weighted by atomic mass is 35.5. The maximum Gasteiger partial charge on any atom is 0.316 e. The molecule has 14 heteroatoms. The SMILES string of the molecule is C=C(C)[C@H](NC(=O)N[C@H](C(=O)N1C[C@H]2[C@@H]([C@H]1C(=O)NC(CC1CC1)C(=O)C(N)=O)C2(Cl)Cl)C(C)(C)C)C(=O)N1Cc2ccccc2C1. The summed E-state index contributed by atoms with van der Waals surface area (Å²) < 4.78 is -1.26. The molecule has 3 fully saturated rings. The third kappa shape index (κ3) is 7.13. The molecule has 2 aliphatic heterocycles. The molecule has 5 N–H and O–H groups in total. The van der Waals surface area contributed by atoms with Gasteiger partial charge in [-0.2, -0.15) is 0 Å². The van der Waals surface area contributed by atoms with Gasteiger partial charge in [0.15, 0.2) is 0 Å². The van der Waals surface area contributed by atoms with Crippen molar-refractivity contribution in [3.8, 4) is 0 Å². The number of nitrogens with zero attached hydrogens (tertiary/aromatic N) is 2. The van der Waals surface area contributed by atoms with Crippen molar-refractivity contribution in [3.05, 3.63) is 47.5 Å². The lowest BCUT2D eigenvalue weighted by molar-refractivity contribution is -0.144. The van der Waals surface area contributed by atoms with Crippen LogP contribution < -0.4 is 21.7 Å². The first-order chi connectivity index (χ1) is 21.9. The van der Waals surface area contributed by atoms with E-state index in [2.05, 4.69) is 22.5 Å². The molecule has 2 saturated carbocycles. The standard InChI is InChI=1S/C33H42Cl2N6O6/c1-16(2)23(29(45)40-13-18-8-6-7-9-19(18)14-40)38-31(47)39-26(32(3,4)5)30(46)41-15-20-22(33(20,34)35)24(41)28(44)37-21(12-17-10-11-17)25(42)27(36)43/h6-9,17,20-24,26H,1,10-15H2,2-5H3,(H2,36,43)(H,37,44)(H2,38,39,47)/t20-,21?,22-,23-,24-,26+/m0/s1. The van der Waals surface area contributed by atoms with Gasteiger partial charge in [-0.25, -0.2) is 4.79 Å². The zero-order chi connectivity index (χ0) is 34.6. The van der Waals surface area contributed by atoms with Crippen molar-refractivity contribution < 1.29 is 28.8 Å². The smallest absolute Gasteiger partial charge is 0.316 e. The quantitative estimate of drug-likeness (QED) is 0.158. The van der Waals surface area contributed by atoms with Crippen molar-refractivity contribution in [2.75, 3.05) is 6.54 Å². The Kier molecular flexibility index (Phi) is 9.42. The second kappa shape index (κ2) is 12.8. The van der Waals surface area contributed by atoms with E-state index in [0.29, 0.717) is 18.7 Å². The number of primary amides is 1. The van der Waals surface area contributed by atoms with Crippen LogP contribution in [0, 0.1) is 23.2 Å². The van der Waals surface area contributed by atoms with Crippen LogP contribution in [0.4, 0.5) is 4.79 Å². The number of hydrogen-bond acceptors (Lipinski definition) is 6. The van der Waals surface area contributed by atoms with Crippen LogP contribution in [-0.4, -0.2) is 80.3 Å². The Bertz CT molecular complexity index is 1500. The first-order valence-electron chi connectivity index (χ1n) is 15.8. The lowest BCUT2D eigenvalue weighted by Crippen LogP contribution is -2.62. The molecule has 12 nitrogen and oxygen atoms in total. The summed E-state index contributed by atoms with van der Waals surface area (Å²) in [5.41, 5.74) is 6.90. The van der Waals surface area contributed by atoms with E-state index in [1.54, 1.807) is 32.6 Å². The number of urea groups is 1. The molecule has 0 aromatic heterocycles. The fourth-order valence-corrected chi connectivity index (χ4v) is 7.49. The van der Waals surface area contributed by atoms with E-state index in [0.717, 1.165) is 24.0 Å². The van der Waals surface area contributed by atoms with E-state index in [1.165, 1.54) is 4.90 Å². The fraction of sp³-hybridized carbons (Fsp3) is 0.576. The van der Waals surface area contributed by atoms with E-state index < -0.39 is 75.3 Å². The highest BCUT2D eigenvalue weighted by Crippen LogP contribution is 2.65. The molecule has 1 saturated heterocycles. The molecule has 4 aliphatic rings. The number of rotatable bonds is 11. The van der Waals surface area contributed by atoms with Crippen LogP contribution in [0.5, 0.6) is 0 Å². The predicted molar refractivity (Wildman–Crippen MR) is 175 cm³/mol. The summed E-state index contributed by atoms with van der Waals surface area (Å²) >= 11 is 13.0. The number of amides is 6. The average Bonchev–Trinajstić information content (AvgIpc) is 3.74. The van der Waals surface area contributed by atoms with Gasteiger partial charge in [0, 0.05) is 31.5 Å². The molecule has 1 aromatic carbocycles. The summed E-state index contributed by atoms with van der Waals surface area (Å²) in [6.07, 6.45) is 2.00. The van der Waals surface area contributed by atoms with Gasteiger partial charge in [0.2, 0.25) is 23.5 Å². The first kappa shape index (κ1) is 34.7. The maximum absolute atomic E-state index is 14.2. The van der Waals surface area contributed by atoms with Crippen molar-refractivity contribution in [2.24, 2.45) is 28.9 Å². The number of halogens is 2. The van der Waals surface area contributed by atoms with Gasteiger partial charge in [-0.3, -0.25) is 24.0 Å². The molecule has 0 bridgehead atoms. The second-order valence-corrected chi connectivity index (χ2v) is 15.8. The minimum Gasteiger partial charge on any atom is -0.363 e. The molecule has 254 valence electrons. The predicted octanol–water partition coefficient (Wildman–Crippen LogP) is 2.16. The van der Waals surface area contributed by atoms with Crippen molar-refractivity contribution in [1.29, 1.82) is 0 Å². The number of nitrogens with one attached hydrogen (secondary N) is 3. The van der Waals surface area contributed by atoms with Gasteiger partial charge in [0.05, 0.1) is 6.04 Å². The highest BCUT2D eigenvalue weighted by molar-refractivity contribution is 6.51. The van der Waals surface area contributed by atoms with Gasteiger partial charge in [0.1, 0.15) is 22.5 Å². The number of fused-ring (bicyclic) bond motifs is 2. The van der Waals surface area contributed by atoms with Crippen LogP contribution >= 0.6 is 23.2 Å². The lowest BCUT2D eigenvalue weighted by atomic mass is 9.85. The Morgan fingerprint density at radius 3 is 2.11 bits per heavy atom. The van der Waals surface area contributed by atoms with Crippen molar-refractivity contribution >= 4 is 58.6 Å². The summed E-state index contributed by atoms with van der Waals surface area (Å²) in [6.45, 7) is 11.7. The number of benzene rings is 1. The molecule has 0 radical (unpaired) electrons. The third-order valence-electron chi connectivity index (χ3n) is 9.58. The largest absolute Gasteiger partial charge is 0.363 e. The molecule has 6 atom stereocenters. The van der Waals surface area contributed by atoms with Crippen molar-refractivity contribution in [2.45, 2.75) is 88.5 Å². The maximum atomic E-state index is 14.2. The van der Waals surface area contributed by atoms with E-state index in [4.69, 9.17) is 28.9 Å². The topological polar surface area (TPSA) is 171 Å². The van der Waals surface area contributed by atoms with E-state index in [1.807, 2.05) is 24.3 Å². The molecule has 6 amide bonds. The van der Waals surface area contributed by atoms with Gasteiger partial charge in [-0.15, -0.1) is 23.2 Å². The number of carbonyl (C=O) groups is 6. The van der Waals surface area contributed by atoms with Gasteiger partial charge in [-0.1, -0.05) is 64.5 Å². The Morgan fingerprint density at radius 2 is 1.60 bits per heavy atom. The summed E-state index contributed by atoms with van der Waals surface area (Å²) in [6, 6.07) is 2.49. The molecular formula is C33H42Cl2N6O6. The van der Waals surface area contributed by atoms with E-state index in [9.17, 15) is 28.8 Å². The van der Waals surface area contributed by atoms with Gasteiger partial charge < -0.3 is 31.5 Å². The summed E-state index contributed by atoms with van der Waals surface area (Å²) in [4.78, 5) is 82.2. The Balaban J connectivity index is 1.31. The second-order valence-electron chi connectivity index (χ2n) is 14.4. The summed E-state index contributed by atoms with van der Waals surface area (Å²) in [7, 11) is 0. The number of piperidine rings is 1. The zero-order valence-electron chi connectivity index (χ0n) is 27.0.